The molecule has 0 aliphatic heterocycles. The average Bonchev–Trinajstić information content (AvgIpc) is 2.34. The van der Waals surface area contributed by atoms with Crippen LogP contribution in [0.1, 0.15) is 11.1 Å². The summed E-state index contributed by atoms with van der Waals surface area (Å²) >= 11 is 9.24. The number of hydrogen-bond acceptors (Lipinski definition) is 3. The molecule has 0 aliphatic rings. The molecule has 1 aromatic carbocycles. The minimum atomic E-state index is -0.0290. The molecule has 0 bridgehead atoms. The van der Waals surface area contributed by atoms with Crippen molar-refractivity contribution in [1.29, 1.82) is 0 Å². The molecule has 0 atom stereocenters. The minimum Gasteiger partial charge on any atom is -0.438 e. The lowest BCUT2D eigenvalue weighted by Gasteiger charge is -2.10. The zero-order valence-electron chi connectivity index (χ0n) is 9.65. The van der Waals surface area contributed by atoms with Gasteiger partial charge in [-0.05, 0) is 52.7 Å². The van der Waals surface area contributed by atoms with Crippen molar-refractivity contribution in [2.75, 3.05) is 0 Å². The SMILES string of the molecule is Cc1cc(CO)cnc1Oc1ccc(Cl)cc1Br. The summed E-state index contributed by atoms with van der Waals surface area (Å²) in [6, 6.07) is 7.12. The number of benzene rings is 1. The molecule has 0 spiro atoms. The van der Waals surface area contributed by atoms with Gasteiger partial charge in [0.05, 0.1) is 11.1 Å². The van der Waals surface area contributed by atoms with Crippen molar-refractivity contribution in [2.45, 2.75) is 13.5 Å². The zero-order valence-corrected chi connectivity index (χ0v) is 12.0. The average molecular weight is 329 g/mol. The fraction of sp³-hybridized carbons (Fsp3) is 0.154. The van der Waals surface area contributed by atoms with Crippen LogP contribution in [0.15, 0.2) is 34.9 Å². The van der Waals surface area contributed by atoms with E-state index in [2.05, 4.69) is 20.9 Å². The Morgan fingerprint density at radius 2 is 2.17 bits per heavy atom. The lowest BCUT2D eigenvalue weighted by molar-refractivity contribution is 0.281. The second-order valence-electron chi connectivity index (χ2n) is 3.80. The molecular formula is C13H11BrClNO2. The Balaban J connectivity index is 2.28. The lowest BCUT2D eigenvalue weighted by atomic mass is 10.2. The number of ether oxygens (including phenoxy) is 1. The lowest BCUT2D eigenvalue weighted by Crippen LogP contribution is -1.94. The Kier molecular flexibility index (Phi) is 4.22. The first-order chi connectivity index (χ1) is 8.60. The van der Waals surface area contributed by atoms with E-state index in [0.717, 1.165) is 15.6 Å². The summed E-state index contributed by atoms with van der Waals surface area (Å²) in [5.41, 5.74) is 1.62. The second kappa shape index (κ2) is 5.69. The molecule has 5 heteroatoms. The number of rotatable bonds is 3. The van der Waals surface area contributed by atoms with E-state index in [4.69, 9.17) is 21.4 Å². The van der Waals surface area contributed by atoms with Crippen molar-refractivity contribution in [3.63, 3.8) is 0 Å². The van der Waals surface area contributed by atoms with Gasteiger partial charge in [0.1, 0.15) is 5.75 Å². The Hall–Kier alpha value is -1.10. The maximum atomic E-state index is 9.01. The van der Waals surface area contributed by atoms with Crippen molar-refractivity contribution in [2.24, 2.45) is 0 Å². The second-order valence-corrected chi connectivity index (χ2v) is 5.09. The summed E-state index contributed by atoms with van der Waals surface area (Å²) < 4.78 is 6.46. The van der Waals surface area contributed by atoms with Crippen LogP contribution in [0.4, 0.5) is 0 Å². The molecule has 2 aromatic rings. The zero-order chi connectivity index (χ0) is 13.1. The Morgan fingerprint density at radius 1 is 1.39 bits per heavy atom. The normalized spacial score (nSPS) is 10.4. The van der Waals surface area contributed by atoms with Crippen molar-refractivity contribution in [1.82, 2.24) is 4.98 Å². The number of aliphatic hydroxyl groups excluding tert-OH is 1. The van der Waals surface area contributed by atoms with Crippen LogP contribution in [-0.2, 0) is 6.61 Å². The minimum absolute atomic E-state index is 0.0290. The highest BCUT2D eigenvalue weighted by atomic mass is 79.9. The Bertz CT molecular complexity index is 575. The predicted octanol–water partition coefficient (Wildman–Crippen LogP) is 4.09. The van der Waals surface area contributed by atoms with Crippen LogP contribution < -0.4 is 4.74 Å². The molecule has 0 radical (unpaired) electrons. The van der Waals surface area contributed by atoms with Gasteiger partial charge in [-0.15, -0.1) is 0 Å². The van der Waals surface area contributed by atoms with Gasteiger partial charge in [0.25, 0.3) is 0 Å². The molecule has 0 amide bonds. The molecule has 0 unspecified atom stereocenters. The molecule has 2 rings (SSSR count). The van der Waals surface area contributed by atoms with Crippen LogP contribution >= 0.6 is 27.5 Å². The summed E-state index contributed by atoms with van der Waals surface area (Å²) in [6.07, 6.45) is 1.59. The molecular weight excluding hydrogens is 318 g/mol. The van der Waals surface area contributed by atoms with Crippen molar-refractivity contribution in [3.05, 3.63) is 51.1 Å². The standard InChI is InChI=1S/C13H11BrClNO2/c1-8-4-9(7-17)6-16-13(8)18-12-3-2-10(15)5-11(12)14/h2-6,17H,7H2,1H3. The van der Waals surface area contributed by atoms with Crippen LogP contribution in [-0.4, -0.2) is 10.1 Å². The number of nitrogens with zero attached hydrogens (tertiary/aromatic N) is 1. The number of halogens is 2. The van der Waals surface area contributed by atoms with Gasteiger partial charge in [0, 0.05) is 16.8 Å². The fourth-order valence-electron chi connectivity index (χ4n) is 1.48. The predicted molar refractivity (Wildman–Crippen MR) is 74.1 cm³/mol. The van der Waals surface area contributed by atoms with E-state index >= 15 is 0 Å². The largest absolute Gasteiger partial charge is 0.438 e. The third-order valence-corrected chi connectivity index (χ3v) is 3.22. The monoisotopic (exact) mass is 327 g/mol. The topological polar surface area (TPSA) is 42.4 Å². The number of aryl methyl sites for hydroxylation is 1. The maximum Gasteiger partial charge on any atom is 0.222 e. The molecule has 94 valence electrons. The Morgan fingerprint density at radius 3 is 2.78 bits per heavy atom. The van der Waals surface area contributed by atoms with Crippen molar-refractivity contribution in [3.8, 4) is 11.6 Å². The fourth-order valence-corrected chi connectivity index (χ4v) is 2.24. The summed E-state index contributed by atoms with van der Waals surface area (Å²) in [5.74, 6) is 1.15. The molecule has 0 saturated heterocycles. The van der Waals surface area contributed by atoms with Gasteiger partial charge in [-0.25, -0.2) is 4.98 Å². The van der Waals surface area contributed by atoms with Gasteiger partial charge in [-0.2, -0.15) is 0 Å². The van der Waals surface area contributed by atoms with E-state index in [1.165, 1.54) is 0 Å². The summed E-state index contributed by atoms with van der Waals surface area (Å²) in [4.78, 5) is 4.17. The van der Waals surface area contributed by atoms with Crippen LogP contribution in [0.2, 0.25) is 5.02 Å². The summed E-state index contributed by atoms with van der Waals surface area (Å²) in [7, 11) is 0. The molecule has 0 saturated carbocycles. The van der Waals surface area contributed by atoms with Crippen molar-refractivity contribution >= 4 is 27.5 Å². The van der Waals surface area contributed by atoms with Crippen LogP contribution in [0, 0.1) is 6.92 Å². The van der Waals surface area contributed by atoms with Crippen LogP contribution in [0.25, 0.3) is 0 Å². The highest BCUT2D eigenvalue weighted by Crippen LogP contribution is 2.32. The molecule has 18 heavy (non-hydrogen) atoms. The van der Waals surface area contributed by atoms with Gasteiger partial charge in [-0.3, -0.25) is 0 Å². The van der Waals surface area contributed by atoms with Gasteiger partial charge >= 0.3 is 0 Å². The van der Waals surface area contributed by atoms with Gasteiger partial charge < -0.3 is 9.84 Å². The highest BCUT2D eigenvalue weighted by molar-refractivity contribution is 9.10. The highest BCUT2D eigenvalue weighted by Gasteiger charge is 2.07. The number of hydrogen-bond donors (Lipinski definition) is 1. The van der Waals surface area contributed by atoms with E-state index < -0.39 is 0 Å². The van der Waals surface area contributed by atoms with Gasteiger partial charge in [0.15, 0.2) is 0 Å². The Labute approximate surface area is 119 Å². The van der Waals surface area contributed by atoms with Crippen LogP contribution in [0.3, 0.4) is 0 Å². The molecule has 0 fully saturated rings. The maximum absolute atomic E-state index is 9.01. The third kappa shape index (κ3) is 3.02. The van der Waals surface area contributed by atoms with E-state index in [9.17, 15) is 0 Å². The smallest absolute Gasteiger partial charge is 0.222 e. The first kappa shape index (κ1) is 13.3. The van der Waals surface area contributed by atoms with E-state index in [-0.39, 0.29) is 6.61 Å². The third-order valence-electron chi connectivity index (χ3n) is 2.37. The molecule has 3 nitrogen and oxygen atoms in total. The van der Waals surface area contributed by atoms with Crippen molar-refractivity contribution < 1.29 is 9.84 Å². The summed E-state index contributed by atoms with van der Waals surface area (Å²) in [6.45, 7) is 1.85. The van der Waals surface area contributed by atoms with E-state index in [1.54, 1.807) is 24.4 Å². The molecule has 0 aliphatic carbocycles. The van der Waals surface area contributed by atoms with E-state index in [1.807, 2.05) is 13.0 Å². The number of aromatic nitrogens is 1. The quantitative estimate of drug-likeness (QED) is 0.922. The first-order valence-electron chi connectivity index (χ1n) is 5.29. The molecule has 1 heterocycles. The van der Waals surface area contributed by atoms with Crippen LogP contribution in [0.5, 0.6) is 11.6 Å². The molecule has 1 aromatic heterocycles. The molecule has 1 N–H and O–H groups in total. The van der Waals surface area contributed by atoms with Gasteiger partial charge in [-0.1, -0.05) is 11.6 Å². The van der Waals surface area contributed by atoms with Gasteiger partial charge in [0.2, 0.25) is 5.88 Å². The number of aliphatic hydroxyl groups is 1. The summed E-state index contributed by atoms with van der Waals surface area (Å²) in [5, 5.41) is 9.65. The van der Waals surface area contributed by atoms with E-state index in [0.29, 0.717) is 16.7 Å². The number of pyridine rings is 1. The first-order valence-corrected chi connectivity index (χ1v) is 6.46.